The maximum Gasteiger partial charge on any atom is 0.337 e. The van der Waals surface area contributed by atoms with E-state index >= 15 is 0 Å². The van der Waals surface area contributed by atoms with Gasteiger partial charge in [-0.15, -0.1) is 0 Å². The van der Waals surface area contributed by atoms with Crippen molar-refractivity contribution in [3.8, 4) is 17.2 Å². The van der Waals surface area contributed by atoms with Gasteiger partial charge in [-0.05, 0) is 89.8 Å². The number of hydrogen-bond acceptors (Lipinski definition) is 14. The highest BCUT2D eigenvalue weighted by Crippen LogP contribution is 2.41. The normalized spacial score (nSPS) is 18.6. The molecule has 1 saturated heterocycles. The van der Waals surface area contributed by atoms with E-state index in [0.29, 0.717) is 103 Å². The largest absolute Gasteiger partial charge is 0.493 e. The Labute approximate surface area is 484 Å². The van der Waals surface area contributed by atoms with Crippen LogP contribution >= 0.6 is 0 Å². The molecule has 434 valence electrons. The highest BCUT2D eigenvalue weighted by atomic mass is 16.5. The number of aliphatic imine (C=N–C) groups is 2. The highest BCUT2D eigenvalue weighted by molar-refractivity contribution is 6.07. The number of ether oxygens (including phenoxy) is 4. The minimum atomic E-state index is -0.710. The number of likely N-dealkylation sites (tertiary alicyclic amines) is 1. The molecule has 0 radical (unpaired) electrons. The van der Waals surface area contributed by atoms with Crippen molar-refractivity contribution in [2.45, 2.75) is 123 Å². The minimum absolute atomic E-state index is 0.0253. The van der Waals surface area contributed by atoms with Gasteiger partial charge in [0.1, 0.15) is 11.5 Å². The molecule has 18 nitrogen and oxygen atoms in total. The van der Waals surface area contributed by atoms with E-state index in [9.17, 15) is 38.4 Å². The number of benzene rings is 4. The molecule has 0 aliphatic carbocycles. The summed E-state index contributed by atoms with van der Waals surface area (Å²) in [7, 11) is 2.87. The van der Waals surface area contributed by atoms with E-state index in [1.54, 1.807) is 66.4 Å². The van der Waals surface area contributed by atoms with E-state index in [1.807, 2.05) is 75.6 Å². The van der Waals surface area contributed by atoms with Gasteiger partial charge in [0.15, 0.2) is 17.3 Å². The van der Waals surface area contributed by atoms with Gasteiger partial charge in [0.25, 0.3) is 11.8 Å². The average Bonchev–Trinajstić information content (AvgIpc) is 3.69. The van der Waals surface area contributed by atoms with E-state index in [1.165, 1.54) is 19.1 Å². The number of hydrogen-bond donors (Lipinski definition) is 1. The first-order valence-electron chi connectivity index (χ1n) is 28.7. The van der Waals surface area contributed by atoms with E-state index in [4.69, 9.17) is 28.9 Å². The summed E-state index contributed by atoms with van der Waals surface area (Å²) in [5.74, 6) is -1.04. The number of aryl methyl sites for hydroxylation is 2. The van der Waals surface area contributed by atoms with Gasteiger partial charge in [0.05, 0.1) is 73.6 Å². The van der Waals surface area contributed by atoms with Crippen LogP contribution in [0.4, 0.5) is 11.4 Å². The second-order valence-electron chi connectivity index (χ2n) is 22.4. The van der Waals surface area contributed by atoms with Crippen LogP contribution in [0.5, 0.6) is 17.2 Å². The zero-order chi connectivity index (χ0) is 59.1. The number of unbranched alkanes of at least 4 members (excludes halogenated alkanes) is 2. The topological polar surface area (TPSA) is 220 Å². The van der Waals surface area contributed by atoms with Crippen LogP contribution < -0.4 is 19.5 Å². The smallest absolute Gasteiger partial charge is 0.337 e. The van der Waals surface area contributed by atoms with Crippen molar-refractivity contribution in [1.29, 1.82) is 0 Å². The maximum absolute atomic E-state index is 14.1. The van der Waals surface area contributed by atoms with Crippen molar-refractivity contribution < 1.29 is 57.3 Å². The first kappa shape index (κ1) is 59.1. The summed E-state index contributed by atoms with van der Waals surface area (Å²) >= 11 is 0. The summed E-state index contributed by atoms with van der Waals surface area (Å²) in [6, 6.07) is 20.8. The van der Waals surface area contributed by atoms with E-state index in [2.05, 4.69) is 5.32 Å². The summed E-state index contributed by atoms with van der Waals surface area (Å²) in [5, 5.41) is 2.88. The van der Waals surface area contributed by atoms with Crippen LogP contribution in [0.2, 0.25) is 0 Å². The van der Waals surface area contributed by atoms with E-state index in [-0.39, 0.29) is 97.3 Å². The number of esters is 1. The number of carbonyl (C=O) groups excluding carboxylic acids is 8. The Hall–Kier alpha value is -8.54. The van der Waals surface area contributed by atoms with Gasteiger partial charge in [0.2, 0.25) is 17.7 Å². The van der Waals surface area contributed by atoms with Crippen molar-refractivity contribution in [1.82, 2.24) is 20.0 Å². The predicted octanol–water partition coefficient (Wildman–Crippen LogP) is 9.77. The predicted molar refractivity (Wildman–Crippen MR) is 313 cm³/mol. The van der Waals surface area contributed by atoms with Crippen LogP contribution in [0.1, 0.15) is 145 Å². The van der Waals surface area contributed by atoms with Crippen LogP contribution in [0, 0.1) is 24.7 Å². The van der Waals surface area contributed by atoms with Gasteiger partial charge in [-0.1, -0.05) is 70.5 Å². The molecule has 0 saturated carbocycles. The summed E-state index contributed by atoms with van der Waals surface area (Å²) in [6.45, 7) is 10.1. The Balaban J connectivity index is 0.717. The van der Waals surface area contributed by atoms with Gasteiger partial charge in [-0.25, -0.2) is 4.79 Å². The number of rotatable bonds is 25. The van der Waals surface area contributed by atoms with Crippen LogP contribution in [-0.2, 0) is 35.1 Å². The first-order chi connectivity index (χ1) is 39.9. The van der Waals surface area contributed by atoms with Crippen molar-refractivity contribution in [3.05, 3.63) is 124 Å². The standard InChI is InChI=1S/C65H72N6O12/c1-38(2)61(68-59(74)12-9-8-10-23-69-60(75)28-41(5)62(69)76)55(73)27-39(3)54(72)22-15-42-13-16-43(17-14-42)46-29-49-35-67-53-33-58(57(80-6)31-51(53)64(78)71(49)36-46)83-25-11-24-82-56-32-52-50(26-40(56)4)63(77)70-37-47(30-48(70)34-66-52)44-18-20-45(21-19-44)65(79)81-7/h13-14,16-21,26,31-39,41,48-49,61H,8-12,15,22-25,27-30H2,1-7H3,(H,68,74)/t39?,41?,48-,49-,61?/m0/s1. The molecule has 4 aromatic rings. The Bertz CT molecular complexity index is 3320. The fraction of sp³-hybridized carbons (Fsp3) is 0.415. The van der Waals surface area contributed by atoms with Gasteiger partial charge in [0, 0.05) is 100 Å². The number of methoxy groups -OCH3 is 2. The Morgan fingerprint density at radius 1 is 0.675 bits per heavy atom. The molecular weight excluding hydrogens is 1060 g/mol. The molecule has 5 aliphatic heterocycles. The lowest BCUT2D eigenvalue weighted by Gasteiger charge is -2.22. The molecule has 1 N–H and O–H groups in total. The van der Waals surface area contributed by atoms with Crippen molar-refractivity contribution in [3.63, 3.8) is 0 Å². The SMILES string of the molecule is COC(=O)c1ccc(C2=CN3C(=O)c4cc(C)c(OCCCOc5cc6c(cc5OC)C(=O)N5C=C(c7ccc(CCC(=O)C(C)CC(=O)C(NC(=O)CCCCCN8C(=O)CC(C)C8=O)C(C)C)cc7)C[C@H]5C=N6)cc4N=C[C@@H]3C2)cc1. The Morgan fingerprint density at radius 3 is 1.84 bits per heavy atom. The number of fused-ring (bicyclic) bond motifs is 4. The number of amides is 5. The summed E-state index contributed by atoms with van der Waals surface area (Å²) in [5.41, 5.74) is 7.85. The van der Waals surface area contributed by atoms with Crippen LogP contribution in [0.3, 0.4) is 0 Å². The Morgan fingerprint density at radius 2 is 1.27 bits per heavy atom. The van der Waals surface area contributed by atoms with Crippen LogP contribution in [-0.4, -0.2) is 126 Å². The van der Waals surface area contributed by atoms with Crippen molar-refractivity contribution >= 4 is 82.0 Å². The summed E-state index contributed by atoms with van der Waals surface area (Å²) < 4.78 is 22.9. The third-order valence-electron chi connectivity index (χ3n) is 16.0. The molecule has 1 fully saturated rings. The maximum atomic E-state index is 14.1. The molecular formula is C65H72N6O12. The van der Waals surface area contributed by atoms with Gasteiger partial charge in [-0.3, -0.25) is 48.4 Å². The Kier molecular flexibility index (Phi) is 18.6. The fourth-order valence-corrected chi connectivity index (χ4v) is 11.1. The molecule has 9 rings (SSSR count). The third kappa shape index (κ3) is 13.5. The molecule has 83 heavy (non-hydrogen) atoms. The molecule has 0 spiro atoms. The lowest BCUT2D eigenvalue weighted by Crippen LogP contribution is -2.45. The fourth-order valence-electron chi connectivity index (χ4n) is 11.1. The second kappa shape index (κ2) is 26.1. The molecule has 18 heteroatoms. The second-order valence-corrected chi connectivity index (χ2v) is 22.4. The molecule has 5 atom stereocenters. The number of nitrogens with one attached hydrogen (secondary N) is 1. The number of imide groups is 1. The number of Topliss-reactive ketones (excluding diaryl/α,β-unsaturated/α-hetero) is 2. The van der Waals surface area contributed by atoms with Crippen LogP contribution in [0.25, 0.3) is 11.1 Å². The molecule has 5 heterocycles. The number of carbonyl (C=O) groups is 8. The minimum Gasteiger partial charge on any atom is -0.493 e. The van der Waals surface area contributed by atoms with Gasteiger partial charge in [-0.2, -0.15) is 0 Å². The van der Waals surface area contributed by atoms with Crippen LogP contribution in [0.15, 0.2) is 95.2 Å². The molecule has 0 aromatic heterocycles. The van der Waals surface area contributed by atoms with Gasteiger partial charge >= 0.3 is 5.97 Å². The lowest BCUT2D eigenvalue weighted by atomic mass is 9.89. The molecule has 4 aromatic carbocycles. The quantitative estimate of drug-likeness (QED) is 0.0372. The highest BCUT2D eigenvalue weighted by Gasteiger charge is 2.37. The third-order valence-corrected chi connectivity index (χ3v) is 16.0. The lowest BCUT2D eigenvalue weighted by molar-refractivity contribution is -0.139. The first-order valence-corrected chi connectivity index (χ1v) is 28.7. The number of nitrogens with zero attached hydrogens (tertiary/aromatic N) is 5. The summed E-state index contributed by atoms with van der Waals surface area (Å²) in [6.07, 6.45) is 12.0. The average molecular weight is 1130 g/mol. The number of ketones is 2. The summed E-state index contributed by atoms with van der Waals surface area (Å²) in [4.78, 5) is 118. The molecule has 5 amide bonds. The van der Waals surface area contributed by atoms with E-state index < -0.39 is 17.9 Å². The van der Waals surface area contributed by atoms with E-state index in [0.717, 1.165) is 33.4 Å². The molecule has 3 unspecified atom stereocenters. The zero-order valence-electron chi connectivity index (χ0n) is 48.2. The van der Waals surface area contributed by atoms with Crippen molar-refractivity contribution in [2.75, 3.05) is 34.0 Å². The monoisotopic (exact) mass is 1130 g/mol. The van der Waals surface area contributed by atoms with Crippen molar-refractivity contribution in [2.24, 2.45) is 27.7 Å². The molecule has 0 bridgehead atoms. The zero-order valence-corrected chi connectivity index (χ0v) is 48.2. The molecule has 5 aliphatic rings. The van der Waals surface area contributed by atoms with Gasteiger partial charge < -0.3 is 34.1 Å².